The van der Waals surface area contributed by atoms with Gasteiger partial charge < -0.3 is 14.7 Å². The molecule has 1 spiro atoms. The van der Waals surface area contributed by atoms with Gasteiger partial charge in [-0.1, -0.05) is 12.1 Å². The molecule has 1 amide bonds. The van der Waals surface area contributed by atoms with Crippen molar-refractivity contribution in [2.24, 2.45) is 5.41 Å². The molecule has 3 fully saturated rings. The summed E-state index contributed by atoms with van der Waals surface area (Å²) >= 11 is 1.79. The Kier molecular flexibility index (Phi) is 4.54. The third-order valence-electron chi connectivity index (χ3n) is 7.12. The molecule has 0 atom stereocenters. The fourth-order valence-electron chi connectivity index (χ4n) is 5.51. The number of benzene rings is 1. The molecule has 3 aromatic rings. The molecular formula is C26H29N3O3S. The average Bonchev–Trinajstić information content (AvgIpc) is 3.45. The Morgan fingerprint density at radius 1 is 1.15 bits per heavy atom. The monoisotopic (exact) mass is 463 g/mol. The number of carbonyl (C=O) groups is 1. The molecule has 172 valence electrons. The first kappa shape index (κ1) is 20.9. The number of nitrogens with zero attached hydrogens (tertiary/aromatic N) is 3. The van der Waals surface area contributed by atoms with Gasteiger partial charge in [0.2, 0.25) is 0 Å². The Bertz CT molecular complexity index is 1240. The van der Waals surface area contributed by atoms with E-state index in [1.165, 1.54) is 28.7 Å². The summed E-state index contributed by atoms with van der Waals surface area (Å²) in [7, 11) is 0. The number of likely N-dealkylation sites (tertiary alicyclic amines) is 1. The molecule has 33 heavy (non-hydrogen) atoms. The van der Waals surface area contributed by atoms with E-state index < -0.39 is 5.60 Å². The average molecular weight is 464 g/mol. The summed E-state index contributed by atoms with van der Waals surface area (Å²) in [5, 5.41) is 20.5. The lowest BCUT2D eigenvalue weighted by Crippen LogP contribution is -2.63. The molecule has 2 aliphatic carbocycles. The van der Waals surface area contributed by atoms with Gasteiger partial charge in [0.1, 0.15) is 16.2 Å². The second kappa shape index (κ2) is 7.16. The molecule has 2 saturated carbocycles. The molecule has 1 N–H and O–H groups in total. The molecule has 2 aromatic heterocycles. The van der Waals surface area contributed by atoms with E-state index in [2.05, 4.69) is 16.3 Å². The number of ether oxygens (including phenoxy) is 1. The highest BCUT2D eigenvalue weighted by molar-refractivity contribution is 7.19. The van der Waals surface area contributed by atoms with Crippen LogP contribution in [0.25, 0.3) is 21.5 Å². The van der Waals surface area contributed by atoms with Crippen LogP contribution in [0.3, 0.4) is 0 Å². The first-order valence-corrected chi connectivity index (χ1v) is 12.6. The number of carbonyl (C=O) groups excluding carboxylic acids is 1. The third kappa shape index (κ3) is 3.66. The Labute approximate surface area is 197 Å². The van der Waals surface area contributed by atoms with E-state index in [0.717, 1.165) is 42.0 Å². The lowest BCUT2D eigenvalue weighted by atomic mass is 9.57. The van der Waals surface area contributed by atoms with Crippen molar-refractivity contribution in [1.29, 1.82) is 0 Å². The fourth-order valence-corrected chi connectivity index (χ4v) is 6.80. The molecule has 7 heteroatoms. The van der Waals surface area contributed by atoms with E-state index in [4.69, 9.17) is 4.74 Å². The Balaban J connectivity index is 1.23. The molecule has 1 aliphatic heterocycles. The summed E-state index contributed by atoms with van der Waals surface area (Å²) in [5.41, 5.74) is 2.72. The summed E-state index contributed by atoms with van der Waals surface area (Å²) in [6.45, 7) is 7.34. The van der Waals surface area contributed by atoms with Crippen molar-refractivity contribution in [2.45, 2.75) is 63.9 Å². The minimum absolute atomic E-state index is 0.191. The van der Waals surface area contributed by atoms with Crippen LogP contribution in [-0.4, -0.2) is 45.0 Å². The van der Waals surface area contributed by atoms with Gasteiger partial charge >= 0.3 is 6.09 Å². The quantitative estimate of drug-likeness (QED) is 0.511. The Hall–Kier alpha value is -2.67. The van der Waals surface area contributed by atoms with E-state index in [1.54, 1.807) is 17.4 Å². The van der Waals surface area contributed by atoms with Gasteiger partial charge in [0.25, 0.3) is 0 Å². The highest BCUT2D eigenvalue weighted by Crippen LogP contribution is 2.60. The van der Waals surface area contributed by atoms with Crippen LogP contribution in [0.2, 0.25) is 0 Å². The van der Waals surface area contributed by atoms with E-state index in [1.807, 2.05) is 43.9 Å². The van der Waals surface area contributed by atoms with Crippen molar-refractivity contribution in [2.75, 3.05) is 13.1 Å². The van der Waals surface area contributed by atoms with E-state index in [0.29, 0.717) is 11.8 Å². The predicted octanol–water partition coefficient (Wildman–Crippen LogP) is 6.06. The smallest absolute Gasteiger partial charge is 0.410 e. The van der Waals surface area contributed by atoms with Gasteiger partial charge in [-0.2, -0.15) is 0 Å². The highest BCUT2D eigenvalue weighted by atomic mass is 32.1. The minimum atomic E-state index is -0.450. The van der Waals surface area contributed by atoms with Crippen molar-refractivity contribution in [3.8, 4) is 17.0 Å². The molecule has 3 aliphatic rings. The first-order valence-electron chi connectivity index (χ1n) is 11.8. The summed E-state index contributed by atoms with van der Waals surface area (Å²) in [5.74, 6) is 1.38. The van der Waals surface area contributed by atoms with Gasteiger partial charge in [0.15, 0.2) is 0 Å². The van der Waals surface area contributed by atoms with Crippen LogP contribution in [-0.2, 0) is 4.74 Å². The van der Waals surface area contributed by atoms with Crippen molar-refractivity contribution >= 4 is 27.6 Å². The fraction of sp³-hybridized carbons (Fsp3) is 0.500. The van der Waals surface area contributed by atoms with Gasteiger partial charge in [0, 0.05) is 34.3 Å². The van der Waals surface area contributed by atoms with Gasteiger partial charge in [-0.25, -0.2) is 4.79 Å². The third-order valence-corrected chi connectivity index (χ3v) is 8.39. The molecule has 6 rings (SSSR count). The van der Waals surface area contributed by atoms with Crippen molar-refractivity contribution in [3.05, 3.63) is 40.8 Å². The zero-order valence-electron chi connectivity index (χ0n) is 19.3. The maximum atomic E-state index is 12.3. The van der Waals surface area contributed by atoms with Gasteiger partial charge in [-0.15, -0.1) is 21.5 Å². The number of amides is 1. The number of thiophene rings is 1. The molecular weight excluding hydrogens is 434 g/mol. The van der Waals surface area contributed by atoms with Gasteiger partial charge in [-0.3, -0.25) is 0 Å². The molecule has 0 bridgehead atoms. The summed E-state index contributed by atoms with van der Waals surface area (Å²) < 4.78 is 5.53. The van der Waals surface area contributed by atoms with Crippen LogP contribution in [0, 0.1) is 5.41 Å². The minimum Gasteiger partial charge on any atom is -0.507 e. The normalized spacial score (nSPS) is 20.0. The largest absolute Gasteiger partial charge is 0.507 e. The maximum absolute atomic E-state index is 12.3. The lowest BCUT2D eigenvalue weighted by molar-refractivity contribution is -0.0782. The number of rotatable bonds is 3. The number of aromatic hydroxyl groups is 1. The maximum Gasteiger partial charge on any atom is 0.410 e. The highest BCUT2D eigenvalue weighted by Gasteiger charge is 2.55. The van der Waals surface area contributed by atoms with Gasteiger partial charge in [0.05, 0.1) is 5.69 Å². The Morgan fingerprint density at radius 3 is 2.55 bits per heavy atom. The van der Waals surface area contributed by atoms with E-state index in [9.17, 15) is 9.90 Å². The predicted molar refractivity (Wildman–Crippen MR) is 129 cm³/mol. The summed E-state index contributed by atoms with van der Waals surface area (Å²) in [6.07, 6.45) is 4.52. The van der Waals surface area contributed by atoms with Crippen molar-refractivity contribution in [3.63, 3.8) is 0 Å². The Morgan fingerprint density at radius 2 is 1.88 bits per heavy atom. The van der Waals surface area contributed by atoms with Crippen LogP contribution in [0.15, 0.2) is 30.3 Å². The zero-order valence-corrected chi connectivity index (χ0v) is 20.1. The number of fused-ring (bicyclic) bond motifs is 1. The van der Waals surface area contributed by atoms with Crippen LogP contribution >= 0.6 is 11.3 Å². The molecule has 0 radical (unpaired) electrons. The number of phenols is 1. The summed E-state index contributed by atoms with van der Waals surface area (Å²) in [6, 6.07) is 9.43. The number of para-hydroxylation sites is 1. The topological polar surface area (TPSA) is 75.5 Å². The second-order valence-electron chi connectivity index (χ2n) is 11.1. The van der Waals surface area contributed by atoms with Crippen molar-refractivity contribution < 1.29 is 14.6 Å². The van der Waals surface area contributed by atoms with Crippen molar-refractivity contribution in [1.82, 2.24) is 15.1 Å². The first-order chi connectivity index (χ1) is 15.7. The SMILES string of the molecule is CC(C)(C)OC(=O)N1CC2(CC(c3sc4nnc(-c5ccccc5O)cc4c3C3CC3)C2)C1. The van der Waals surface area contributed by atoms with Crippen LogP contribution in [0.4, 0.5) is 4.79 Å². The summed E-state index contributed by atoms with van der Waals surface area (Å²) in [4.78, 5) is 16.6. The molecule has 1 aromatic carbocycles. The lowest BCUT2D eigenvalue weighted by Gasteiger charge is -2.58. The standard InChI is InChI=1S/C26H29N3O3S/c1-25(2,3)32-24(31)29-13-26(14-29)11-16(12-26)22-21(15-8-9-15)18-10-19(27-28-23(18)33-22)17-6-4-5-7-20(17)30/h4-7,10,15-16,30H,8-9,11-14H2,1-3H3. The number of hydrogen-bond acceptors (Lipinski definition) is 6. The zero-order chi connectivity index (χ0) is 23.0. The molecule has 3 heterocycles. The molecule has 1 saturated heterocycles. The number of hydrogen-bond donors (Lipinski definition) is 1. The molecule has 0 unspecified atom stereocenters. The number of phenolic OH excluding ortho intramolecular Hbond substituents is 1. The van der Waals surface area contributed by atoms with Gasteiger partial charge in [-0.05, 0) is 82.1 Å². The van der Waals surface area contributed by atoms with E-state index >= 15 is 0 Å². The molecule has 6 nitrogen and oxygen atoms in total. The van der Waals surface area contributed by atoms with E-state index in [-0.39, 0.29) is 17.3 Å². The number of aromatic nitrogens is 2. The van der Waals surface area contributed by atoms with Crippen LogP contribution in [0.5, 0.6) is 5.75 Å². The second-order valence-corrected chi connectivity index (χ2v) is 12.1. The van der Waals surface area contributed by atoms with Crippen LogP contribution in [0.1, 0.15) is 68.7 Å². The van der Waals surface area contributed by atoms with Crippen LogP contribution < -0.4 is 0 Å².